The second-order valence-electron chi connectivity index (χ2n) is 7.23. The van der Waals surface area contributed by atoms with Crippen LogP contribution in [0.15, 0.2) is 82.1 Å². The molecule has 0 spiro atoms. The number of anilines is 1. The van der Waals surface area contributed by atoms with Crippen molar-refractivity contribution in [3.8, 4) is 11.5 Å². The van der Waals surface area contributed by atoms with Crippen molar-refractivity contribution in [2.75, 3.05) is 18.9 Å². The first-order valence-corrected chi connectivity index (χ1v) is 11.1. The fourth-order valence-corrected chi connectivity index (χ4v) is 4.53. The Bertz CT molecular complexity index is 1270. The minimum Gasteiger partial charge on any atom is -0.457 e. The maximum atomic E-state index is 12.5. The summed E-state index contributed by atoms with van der Waals surface area (Å²) in [5.41, 5.74) is 2.21. The Balaban J connectivity index is 1.39. The fourth-order valence-electron chi connectivity index (χ4n) is 3.28. The molecule has 0 radical (unpaired) electrons. The van der Waals surface area contributed by atoms with E-state index in [1.54, 1.807) is 49.5 Å². The summed E-state index contributed by atoms with van der Waals surface area (Å²) in [6, 6.07) is 21.3. The molecule has 0 aliphatic carbocycles. The van der Waals surface area contributed by atoms with Gasteiger partial charge in [-0.25, -0.2) is 0 Å². The Morgan fingerprint density at radius 3 is 2.48 bits per heavy atom. The molecule has 1 heterocycles. The molecule has 3 aromatic carbocycles. The lowest BCUT2D eigenvalue weighted by Gasteiger charge is -2.18. The van der Waals surface area contributed by atoms with Crippen molar-refractivity contribution in [1.29, 1.82) is 0 Å². The number of amides is 1. The van der Waals surface area contributed by atoms with Crippen LogP contribution in [0.25, 0.3) is 0 Å². The third kappa shape index (κ3) is 4.59. The van der Waals surface area contributed by atoms with Crippen LogP contribution < -0.4 is 10.1 Å². The van der Waals surface area contributed by atoms with Gasteiger partial charge in [-0.1, -0.05) is 24.3 Å². The molecule has 3 aromatic rings. The smallest absolute Gasteiger partial charge is 0.285 e. The van der Waals surface area contributed by atoms with E-state index in [4.69, 9.17) is 4.74 Å². The topological polar surface area (TPSA) is 88.1 Å². The van der Waals surface area contributed by atoms with Gasteiger partial charge in [0.15, 0.2) is 5.84 Å². The normalized spacial score (nSPS) is 13.8. The molecule has 4 rings (SSSR count). The molecule has 8 heteroatoms. The van der Waals surface area contributed by atoms with Crippen molar-refractivity contribution in [1.82, 2.24) is 4.90 Å². The number of hydrogen-bond donors (Lipinski definition) is 1. The lowest BCUT2D eigenvalue weighted by Crippen LogP contribution is -2.34. The number of rotatable bonds is 5. The molecule has 0 unspecified atom stereocenters. The number of hydrogen-bond acceptors (Lipinski definition) is 5. The van der Waals surface area contributed by atoms with E-state index in [1.807, 2.05) is 31.2 Å². The molecule has 0 fully saturated rings. The zero-order chi connectivity index (χ0) is 22.0. The number of nitrogens with zero attached hydrogens (tertiary/aromatic N) is 2. The SMILES string of the molecule is Cc1cccc(Oc2ccc(NC(=O)CN(C)C3=NS(=O)(=O)c4ccccc43)cc2)c1. The van der Waals surface area contributed by atoms with E-state index >= 15 is 0 Å². The highest BCUT2D eigenvalue weighted by Crippen LogP contribution is 2.27. The minimum atomic E-state index is -3.73. The van der Waals surface area contributed by atoms with Gasteiger partial charge in [0.05, 0.1) is 6.54 Å². The molecule has 158 valence electrons. The summed E-state index contributed by atoms with van der Waals surface area (Å²) in [5, 5.41) is 2.80. The second kappa shape index (κ2) is 8.23. The lowest BCUT2D eigenvalue weighted by atomic mass is 10.2. The van der Waals surface area contributed by atoms with Crippen molar-refractivity contribution in [3.63, 3.8) is 0 Å². The number of carbonyl (C=O) groups is 1. The number of amidine groups is 1. The fraction of sp³-hybridized carbons (Fsp3) is 0.130. The molecule has 0 atom stereocenters. The third-order valence-electron chi connectivity index (χ3n) is 4.72. The summed E-state index contributed by atoms with van der Waals surface area (Å²) in [6.45, 7) is 1.94. The number of sulfonamides is 1. The van der Waals surface area contributed by atoms with E-state index < -0.39 is 10.0 Å². The van der Waals surface area contributed by atoms with Crippen LogP contribution in [-0.4, -0.2) is 38.7 Å². The standard InChI is InChI=1S/C23H21N3O4S/c1-16-6-5-7-19(14-16)30-18-12-10-17(11-13-18)24-22(27)15-26(2)23-20-8-3-4-9-21(20)31(28,29)25-23/h3-14H,15H2,1-2H3,(H,24,27). The predicted molar refractivity (Wildman–Crippen MR) is 119 cm³/mol. The van der Waals surface area contributed by atoms with Crippen LogP contribution in [0.4, 0.5) is 5.69 Å². The van der Waals surface area contributed by atoms with Crippen LogP contribution in [-0.2, 0) is 14.8 Å². The third-order valence-corrected chi connectivity index (χ3v) is 6.04. The highest BCUT2D eigenvalue weighted by Gasteiger charge is 2.30. The highest BCUT2D eigenvalue weighted by molar-refractivity contribution is 7.90. The van der Waals surface area contributed by atoms with E-state index in [9.17, 15) is 13.2 Å². The van der Waals surface area contributed by atoms with Gasteiger partial charge in [-0.15, -0.1) is 4.40 Å². The summed E-state index contributed by atoms with van der Waals surface area (Å²) in [6.07, 6.45) is 0. The summed E-state index contributed by atoms with van der Waals surface area (Å²) in [7, 11) is -2.09. The van der Waals surface area contributed by atoms with Crippen LogP contribution in [0, 0.1) is 6.92 Å². The van der Waals surface area contributed by atoms with Gasteiger partial charge in [-0.3, -0.25) is 4.79 Å². The molecule has 0 aromatic heterocycles. The molecular weight excluding hydrogens is 414 g/mol. The van der Waals surface area contributed by atoms with Crippen molar-refractivity contribution >= 4 is 27.5 Å². The number of nitrogens with one attached hydrogen (secondary N) is 1. The zero-order valence-corrected chi connectivity index (χ0v) is 17.9. The molecule has 0 saturated carbocycles. The molecule has 7 nitrogen and oxygen atoms in total. The Morgan fingerprint density at radius 1 is 1.00 bits per heavy atom. The maximum absolute atomic E-state index is 12.5. The van der Waals surface area contributed by atoms with Crippen molar-refractivity contribution in [2.24, 2.45) is 4.40 Å². The second-order valence-corrected chi connectivity index (χ2v) is 8.81. The van der Waals surface area contributed by atoms with E-state index in [0.29, 0.717) is 17.0 Å². The molecular formula is C23H21N3O4S. The average molecular weight is 436 g/mol. The zero-order valence-electron chi connectivity index (χ0n) is 17.1. The quantitative estimate of drug-likeness (QED) is 0.659. The van der Waals surface area contributed by atoms with E-state index in [-0.39, 0.29) is 23.2 Å². The molecule has 1 amide bonds. The first-order valence-electron chi connectivity index (χ1n) is 9.62. The van der Waals surface area contributed by atoms with Crippen LogP contribution in [0.2, 0.25) is 0 Å². The Kier molecular flexibility index (Phi) is 5.48. The molecule has 1 aliphatic heterocycles. The van der Waals surface area contributed by atoms with Gasteiger partial charge in [0, 0.05) is 18.3 Å². The molecule has 0 bridgehead atoms. The molecule has 1 aliphatic rings. The van der Waals surface area contributed by atoms with Gasteiger partial charge in [-0.2, -0.15) is 8.42 Å². The highest BCUT2D eigenvalue weighted by atomic mass is 32.2. The number of likely N-dealkylation sites (N-methyl/N-ethyl adjacent to an activating group) is 1. The van der Waals surface area contributed by atoms with Crippen LogP contribution in [0.3, 0.4) is 0 Å². The summed E-state index contributed by atoms with van der Waals surface area (Å²) in [4.78, 5) is 14.2. The van der Waals surface area contributed by atoms with Gasteiger partial charge >= 0.3 is 0 Å². The summed E-state index contributed by atoms with van der Waals surface area (Å²) < 4.78 is 34.0. The van der Waals surface area contributed by atoms with E-state index in [1.165, 1.54) is 11.0 Å². The molecule has 0 saturated heterocycles. The van der Waals surface area contributed by atoms with E-state index in [2.05, 4.69) is 9.71 Å². The van der Waals surface area contributed by atoms with Gasteiger partial charge in [0.2, 0.25) is 5.91 Å². The Hall–Kier alpha value is -3.65. The number of aryl methyl sites for hydroxylation is 1. The lowest BCUT2D eigenvalue weighted by molar-refractivity contribution is -0.116. The average Bonchev–Trinajstić information content (AvgIpc) is 3.01. The maximum Gasteiger partial charge on any atom is 0.285 e. The first-order chi connectivity index (χ1) is 14.8. The van der Waals surface area contributed by atoms with Crippen LogP contribution >= 0.6 is 0 Å². The minimum absolute atomic E-state index is 0.0514. The molecule has 1 N–H and O–H groups in total. The van der Waals surface area contributed by atoms with Gasteiger partial charge in [0.1, 0.15) is 16.4 Å². The van der Waals surface area contributed by atoms with Crippen molar-refractivity contribution in [3.05, 3.63) is 83.9 Å². The number of benzene rings is 3. The summed E-state index contributed by atoms with van der Waals surface area (Å²) in [5.74, 6) is 1.36. The monoisotopic (exact) mass is 435 g/mol. The largest absolute Gasteiger partial charge is 0.457 e. The van der Waals surface area contributed by atoms with E-state index in [0.717, 1.165) is 11.3 Å². The van der Waals surface area contributed by atoms with Crippen molar-refractivity contribution in [2.45, 2.75) is 11.8 Å². The Labute approximate surface area is 181 Å². The Morgan fingerprint density at radius 2 is 1.74 bits per heavy atom. The van der Waals surface area contributed by atoms with Crippen molar-refractivity contribution < 1.29 is 17.9 Å². The van der Waals surface area contributed by atoms with Gasteiger partial charge in [0.25, 0.3) is 10.0 Å². The number of ether oxygens (including phenoxy) is 1. The van der Waals surface area contributed by atoms with Gasteiger partial charge in [-0.05, 0) is 61.0 Å². The summed E-state index contributed by atoms with van der Waals surface area (Å²) >= 11 is 0. The number of carbonyl (C=O) groups excluding carboxylic acids is 1. The van der Waals surface area contributed by atoms with Crippen LogP contribution in [0.5, 0.6) is 11.5 Å². The van der Waals surface area contributed by atoms with Gasteiger partial charge < -0.3 is 15.0 Å². The first kappa shape index (κ1) is 20.6. The predicted octanol–water partition coefficient (Wildman–Crippen LogP) is 3.81. The van der Waals surface area contributed by atoms with Crippen LogP contribution in [0.1, 0.15) is 11.1 Å². The number of fused-ring (bicyclic) bond motifs is 1. The molecule has 31 heavy (non-hydrogen) atoms.